The molecule has 1 atom stereocenters. The average Bonchev–Trinajstić information content (AvgIpc) is 2.92. The van der Waals surface area contributed by atoms with Gasteiger partial charge in [0, 0.05) is 4.47 Å². The van der Waals surface area contributed by atoms with Crippen LogP contribution >= 0.6 is 27.7 Å². The second kappa shape index (κ2) is 8.29. The fraction of sp³-hybridized carbons (Fsp3) is 0.111. The van der Waals surface area contributed by atoms with E-state index in [-0.39, 0.29) is 12.3 Å². The van der Waals surface area contributed by atoms with E-state index in [4.69, 9.17) is 5.11 Å². The van der Waals surface area contributed by atoms with Crippen molar-refractivity contribution in [2.75, 3.05) is 4.90 Å². The van der Waals surface area contributed by atoms with Gasteiger partial charge in [0.1, 0.15) is 5.25 Å². The van der Waals surface area contributed by atoms with Crippen molar-refractivity contribution in [3.8, 4) is 0 Å². The molecule has 0 bridgehead atoms. The van der Waals surface area contributed by atoms with Gasteiger partial charge in [0.25, 0.3) is 0 Å². The number of benzene rings is 2. The zero-order valence-electron chi connectivity index (χ0n) is 13.4. The molecule has 6 nitrogen and oxygen atoms in total. The molecule has 0 radical (unpaired) electrons. The average molecular weight is 432 g/mol. The first-order valence-electron chi connectivity index (χ1n) is 7.68. The van der Waals surface area contributed by atoms with Gasteiger partial charge in [-0.25, -0.2) is 0 Å². The summed E-state index contributed by atoms with van der Waals surface area (Å²) in [6, 6.07) is 16.5. The highest BCUT2D eigenvalue weighted by Gasteiger charge is 2.40. The molecule has 3 rings (SSSR count). The summed E-state index contributed by atoms with van der Waals surface area (Å²) >= 11 is 4.48. The predicted octanol–water partition coefficient (Wildman–Crippen LogP) is 3.76. The highest BCUT2D eigenvalue weighted by Crippen LogP contribution is 2.33. The number of rotatable bonds is 5. The number of carbonyl (C=O) groups excluding carboxylic acids is 1. The Bertz CT molecular complexity index is 869. The Balaban J connectivity index is 1.87. The minimum absolute atomic E-state index is 0.262. The summed E-state index contributed by atoms with van der Waals surface area (Å²) < 4.78 is 0.963. The molecule has 132 valence electrons. The Morgan fingerprint density at radius 3 is 2.54 bits per heavy atom. The lowest BCUT2D eigenvalue weighted by atomic mass is 10.2. The lowest BCUT2D eigenvalue weighted by Gasteiger charge is -2.15. The molecule has 8 heteroatoms. The summed E-state index contributed by atoms with van der Waals surface area (Å²) in [7, 11) is 0. The molecular weight excluding hydrogens is 418 g/mol. The molecular formula is C18H14BrN3O3S. The first kappa shape index (κ1) is 18.3. The molecule has 0 aliphatic carbocycles. The minimum Gasteiger partial charge on any atom is -0.481 e. The number of carboxylic acids is 1. The van der Waals surface area contributed by atoms with E-state index in [0.29, 0.717) is 10.9 Å². The van der Waals surface area contributed by atoms with Gasteiger partial charge in [0.05, 0.1) is 18.3 Å². The third kappa shape index (κ3) is 4.39. The third-order valence-electron chi connectivity index (χ3n) is 3.53. The first-order valence-corrected chi connectivity index (χ1v) is 9.36. The maximum Gasteiger partial charge on any atom is 0.305 e. The van der Waals surface area contributed by atoms with E-state index < -0.39 is 11.2 Å². The van der Waals surface area contributed by atoms with E-state index in [0.717, 1.165) is 21.8 Å². The lowest BCUT2D eigenvalue weighted by Crippen LogP contribution is -2.32. The summed E-state index contributed by atoms with van der Waals surface area (Å²) in [6.45, 7) is 0. The molecule has 1 amide bonds. The van der Waals surface area contributed by atoms with Crippen LogP contribution in [0.3, 0.4) is 0 Å². The van der Waals surface area contributed by atoms with Gasteiger partial charge >= 0.3 is 5.97 Å². The number of anilines is 1. The summed E-state index contributed by atoms with van der Waals surface area (Å²) in [5.41, 5.74) is 1.50. The van der Waals surface area contributed by atoms with Gasteiger partial charge < -0.3 is 5.11 Å². The molecule has 1 aliphatic heterocycles. The molecule has 1 saturated heterocycles. The normalized spacial score (nSPS) is 18.8. The van der Waals surface area contributed by atoms with Gasteiger partial charge in [-0.2, -0.15) is 5.10 Å². The van der Waals surface area contributed by atoms with Crippen LogP contribution in [-0.4, -0.2) is 33.6 Å². The van der Waals surface area contributed by atoms with Crippen LogP contribution < -0.4 is 4.90 Å². The summed E-state index contributed by atoms with van der Waals surface area (Å²) in [6.07, 6.45) is 1.32. The van der Waals surface area contributed by atoms with E-state index in [2.05, 4.69) is 26.1 Å². The van der Waals surface area contributed by atoms with Crippen molar-refractivity contribution in [3.05, 3.63) is 64.6 Å². The maximum atomic E-state index is 12.6. The SMILES string of the molecule is O=C(O)C[C@@H]1S/C(=N/N=C\c2ccc(Br)cc2)N(c2ccccc2)C1=O. The molecule has 1 fully saturated rings. The highest BCUT2D eigenvalue weighted by molar-refractivity contribution is 9.10. The molecule has 0 saturated carbocycles. The molecule has 1 heterocycles. The number of amides is 1. The number of thioether (sulfide) groups is 1. The van der Waals surface area contributed by atoms with E-state index in [1.165, 1.54) is 4.90 Å². The van der Waals surface area contributed by atoms with Crippen LogP contribution in [0.4, 0.5) is 5.69 Å². The Labute approximate surface area is 162 Å². The summed E-state index contributed by atoms with van der Waals surface area (Å²) in [4.78, 5) is 25.1. The topological polar surface area (TPSA) is 82.3 Å². The number of carboxylic acid groups (broad SMARTS) is 1. The number of aliphatic carboxylic acids is 1. The van der Waals surface area contributed by atoms with Crippen molar-refractivity contribution >= 4 is 56.6 Å². The Morgan fingerprint density at radius 2 is 1.88 bits per heavy atom. The van der Waals surface area contributed by atoms with Gasteiger partial charge in [-0.3, -0.25) is 14.5 Å². The molecule has 2 aromatic carbocycles. The first-order chi connectivity index (χ1) is 12.5. The molecule has 0 spiro atoms. The van der Waals surface area contributed by atoms with E-state index in [1.54, 1.807) is 30.5 Å². The number of carbonyl (C=O) groups is 2. The molecule has 1 aliphatic rings. The highest BCUT2D eigenvalue weighted by atomic mass is 79.9. The number of para-hydroxylation sites is 1. The Morgan fingerprint density at radius 1 is 1.19 bits per heavy atom. The van der Waals surface area contributed by atoms with Gasteiger partial charge in [0.2, 0.25) is 5.91 Å². The van der Waals surface area contributed by atoms with Crippen LogP contribution in [0.25, 0.3) is 0 Å². The second-order valence-electron chi connectivity index (χ2n) is 5.39. The molecule has 1 N–H and O–H groups in total. The largest absolute Gasteiger partial charge is 0.481 e. The zero-order valence-corrected chi connectivity index (χ0v) is 15.9. The second-order valence-corrected chi connectivity index (χ2v) is 7.48. The molecule has 26 heavy (non-hydrogen) atoms. The number of halogens is 1. The van der Waals surface area contributed by atoms with E-state index in [1.807, 2.05) is 30.3 Å². The third-order valence-corrected chi connectivity index (χ3v) is 5.19. The van der Waals surface area contributed by atoms with Gasteiger partial charge in [0.15, 0.2) is 5.17 Å². The van der Waals surface area contributed by atoms with Crippen LogP contribution in [-0.2, 0) is 9.59 Å². The van der Waals surface area contributed by atoms with Crippen LogP contribution in [0, 0.1) is 0 Å². The van der Waals surface area contributed by atoms with Crippen molar-refractivity contribution in [3.63, 3.8) is 0 Å². The lowest BCUT2D eigenvalue weighted by molar-refractivity contribution is -0.138. The van der Waals surface area contributed by atoms with Crippen molar-refractivity contribution in [1.29, 1.82) is 0 Å². The molecule has 2 aromatic rings. The number of nitrogens with zero attached hydrogens (tertiary/aromatic N) is 3. The van der Waals surface area contributed by atoms with Gasteiger partial charge in [-0.05, 0) is 29.8 Å². The van der Waals surface area contributed by atoms with Gasteiger partial charge in [-0.15, -0.1) is 5.10 Å². The molecule has 0 unspecified atom stereocenters. The smallest absolute Gasteiger partial charge is 0.305 e. The van der Waals surface area contributed by atoms with Gasteiger partial charge in [-0.1, -0.05) is 58.0 Å². The maximum absolute atomic E-state index is 12.6. The van der Waals surface area contributed by atoms with E-state index >= 15 is 0 Å². The monoisotopic (exact) mass is 431 g/mol. The van der Waals surface area contributed by atoms with Crippen molar-refractivity contribution in [1.82, 2.24) is 0 Å². The fourth-order valence-electron chi connectivity index (χ4n) is 2.33. The summed E-state index contributed by atoms with van der Waals surface area (Å²) in [5, 5.41) is 16.9. The number of amidine groups is 1. The Kier molecular flexibility index (Phi) is 5.85. The predicted molar refractivity (Wildman–Crippen MR) is 107 cm³/mol. The van der Waals surface area contributed by atoms with Crippen LogP contribution in [0.1, 0.15) is 12.0 Å². The van der Waals surface area contributed by atoms with Crippen molar-refractivity contribution in [2.45, 2.75) is 11.7 Å². The molecule has 0 aromatic heterocycles. The fourth-order valence-corrected chi connectivity index (χ4v) is 3.68. The zero-order chi connectivity index (χ0) is 18.5. The Hall–Kier alpha value is -2.45. The minimum atomic E-state index is -1.02. The van der Waals surface area contributed by atoms with Crippen LogP contribution in [0.2, 0.25) is 0 Å². The standard InChI is InChI=1S/C18H14BrN3O3S/c19-13-8-6-12(7-9-13)11-20-21-18-22(14-4-2-1-3-5-14)17(25)15(26-18)10-16(23)24/h1-9,11,15H,10H2,(H,23,24)/b20-11-,21-18+/t15-/m0/s1. The van der Waals surface area contributed by atoms with Crippen molar-refractivity contribution in [2.24, 2.45) is 10.2 Å². The summed E-state index contributed by atoms with van der Waals surface area (Å²) in [5.74, 6) is -1.33. The van der Waals surface area contributed by atoms with E-state index in [9.17, 15) is 9.59 Å². The van der Waals surface area contributed by atoms with Crippen LogP contribution in [0.15, 0.2) is 69.3 Å². The van der Waals surface area contributed by atoms with Crippen molar-refractivity contribution < 1.29 is 14.7 Å². The quantitative estimate of drug-likeness (QED) is 0.576. The number of hydrogen-bond acceptors (Lipinski definition) is 5. The number of hydrogen-bond donors (Lipinski definition) is 1. The van der Waals surface area contributed by atoms with Crippen LogP contribution in [0.5, 0.6) is 0 Å².